The Kier molecular flexibility index (Phi) is 5.29. The van der Waals surface area contributed by atoms with Gasteiger partial charge in [-0.2, -0.15) is 0 Å². The third-order valence-corrected chi connectivity index (χ3v) is 5.77. The number of benzene rings is 1. The van der Waals surface area contributed by atoms with Gasteiger partial charge in [-0.05, 0) is 43.4 Å². The van der Waals surface area contributed by atoms with Crippen molar-refractivity contribution in [2.45, 2.75) is 36.0 Å². The van der Waals surface area contributed by atoms with Crippen molar-refractivity contribution in [3.63, 3.8) is 0 Å². The number of hydrogen-bond donors (Lipinski definition) is 1. The smallest absolute Gasteiger partial charge is 0.211 e. The van der Waals surface area contributed by atoms with Crippen LogP contribution in [-0.2, 0) is 10.0 Å². The first-order valence-electron chi connectivity index (χ1n) is 6.47. The first kappa shape index (κ1) is 16.0. The van der Waals surface area contributed by atoms with Gasteiger partial charge < -0.3 is 0 Å². The Hall–Kier alpha value is -0.360. The molecule has 1 aliphatic carbocycles. The van der Waals surface area contributed by atoms with Crippen molar-refractivity contribution in [2.24, 2.45) is 5.92 Å². The molecule has 1 aliphatic rings. The lowest BCUT2D eigenvalue weighted by molar-refractivity contribution is 0.361. The van der Waals surface area contributed by atoms with Crippen molar-refractivity contribution >= 4 is 33.2 Å². The van der Waals surface area contributed by atoms with Gasteiger partial charge in [0.05, 0.1) is 5.02 Å². The number of halogens is 3. The number of nitrogens with one attached hydrogen (secondary N) is 1. The molecule has 2 rings (SSSR count). The zero-order chi connectivity index (χ0) is 14.8. The number of hydrogen-bond acceptors (Lipinski definition) is 2. The van der Waals surface area contributed by atoms with Crippen molar-refractivity contribution in [3.05, 3.63) is 29.0 Å². The molecule has 2 atom stereocenters. The van der Waals surface area contributed by atoms with E-state index in [1.807, 2.05) is 0 Å². The van der Waals surface area contributed by atoms with Crippen molar-refractivity contribution in [3.8, 4) is 0 Å². The Labute approximate surface area is 128 Å². The normalized spacial score (nSPS) is 23.8. The predicted octanol–water partition coefficient (Wildman–Crippen LogP) is 3.56. The summed E-state index contributed by atoms with van der Waals surface area (Å²) in [6, 6.07) is 3.29. The van der Waals surface area contributed by atoms with Crippen LogP contribution in [0.5, 0.6) is 0 Å². The zero-order valence-corrected chi connectivity index (χ0v) is 13.1. The maximum Gasteiger partial charge on any atom is 0.242 e. The van der Waals surface area contributed by atoms with Crippen LogP contribution in [0.15, 0.2) is 23.1 Å². The van der Waals surface area contributed by atoms with Gasteiger partial charge in [-0.15, -0.1) is 11.6 Å². The third kappa shape index (κ3) is 4.07. The Balaban J connectivity index is 2.05. The van der Waals surface area contributed by atoms with E-state index in [1.54, 1.807) is 0 Å². The lowest BCUT2D eigenvalue weighted by Gasteiger charge is -2.25. The Bertz CT molecular complexity index is 580. The lowest BCUT2D eigenvalue weighted by Crippen LogP contribution is -2.32. The number of rotatable bonds is 4. The molecule has 0 aromatic heterocycles. The van der Waals surface area contributed by atoms with Crippen molar-refractivity contribution in [1.29, 1.82) is 0 Å². The summed E-state index contributed by atoms with van der Waals surface area (Å²) >= 11 is 11.9. The molecule has 1 aromatic rings. The molecule has 1 aromatic carbocycles. The highest BCUT2D eigenvalue weighted by molar-refractivity contribution is 7.89. The summed E-state index contributed by atoms with van der Waals surface area (Å²) < 4.78 is 39.9. The van der Waals surface area contributed by atoms with Crippen LogP contribution in [0.4, 0.5) is 4.39 Å². The van der Waals surface area contributed by atoms with Crippen LogP contribution in [0.1, 0.15) is 25.7 Å². The molecular formula is C13H16Cl2FNO2S. The van der Waals surface area contributed by atoms with E-state index in [0.29, 0.717) is 6.54 Å². The fraction of sp³-hybridized carbons (Fsp3) is 0.538. The minimum atomic E-state index is -3.80. The predicted molar refractivity (Wildman–Crippen MR) is 78.2 cm³/mol. The molecule has 0 radical (unpaired) electrons. The van der Waals surface area contributed by atoms with Gasteiger partial charge >= 0.3 is 0 Å². The van der Waals surface area contributed by atoms with Crippen LogP contribution >= 0.6 is 23.2 Å². The highest BCUT2D eigenvalue weighted by Crippen LogP contribution is 2.28. The fourth-order valence-electron chi connectivity index (χ4n) is 2.40. The molecule has 1 N–H and O–H groups in total. The van der Waals surface area contributed by atoms with Crippen LogP contribution in [0, 0.1) is 11.7 Å². The van der Waals surface area contributed by atoms with Gasteiger partial charge in [-0.25, -0.2) is 17.5 Å². The lowest BCUT2D eigenvalue weighted by atomic mass is 9.89. The van der Waals surface area contributed by atoms with Gasteiger partial charge in [0, 0.05) is 11.9 Å². The molecule has 2 unspecified atom stereocenters. The Morgan fingerprint density at radius 3 is 2.80 bits per heavy atom. The van der Waals surface area contributed by atoms with E-state index in [0.717, 1.165) is 37.8 Å². The first-order chi connectivity index (χ1) is 9.38. The minimum Gasteiger partial charge on any atom is -0.211 e. The molecule has 0 amide bonds. The quantitative estimate of drug-likeness (QED) is 0.852. The minimum absolute atomic E-state index is 0.0118. The average molecular weight is 340 g/mol. The van der Waals surface area contributed by atoms with Gasteiger partial charge in [0.2, 0.25) is 10.0 Å². The van der Waals surface area contributed by atoms with Gasteiger partial charge in [0.1, 0.15) is 10.7 Å². The molecule has 3 nitrogen and oxygen atoms in total. The van der Waals surface area contributed by atoms with E-state index in [4.69, 9.17) is 23.2 Å². The monoisotopic (exact) mass is 339 g/mol. The average Bonchev–Trinajstić information content (AvgIpc) is 2.39. The number of alkyl halides is 1. The van der Waals surface area contributed by atoms with Gasteiger partial charge in [0.15, 0.2) is 0 Å². The highest BCUT2D eigenvalue weighted by atomic mass is 35.5. The summed E-state index contributed by atoms with van der Waals surface area (Å²) in [6.45, 7) is 0.304. The molecule has 112 valence electrons. The second-order valence-electron chi connectivity index (χ2n) is 5.06. The molecule has 0 aliphatic heterocycles. The second-order valence-corrected chi connectivity index (χ2v) is 7.82. The maximum atomic E-state index is 13.2. The number of sulfonamides is 1. The summed E-state index contributed by atoms with van der Waals surface area (Å²) in [6.07, 6.45) is 3.71. The molecule has 7 heteroatoms. The summed E-state index contributed by atoms with van der Waals surface area (Å²) in [5.74, 6) is -0.415. The highest BCUT2D eigenvalue weighted by Gasteiger charge is 2.24. The maximum absolute atomic E-state index is 13.2. The zero-order valence-electron chi connectivity index (χ0n) is 10.8. The van der Waals surface area contributed by atoms with E-state index >= 15 is 0 Å². The summed E-state index contributed by atoms with van der Waals surface area (Å²) in [4.78, 5) is -0.225. The molecule has 0 bridgehead atoms. The molecule has 0 heterocycles. The fourth-order valence-corrected chi connectivity index (χ4v) is 4.43. The van der Waals surface area contributed by atoms with Gasteiger partial charge in [0.25, 0.3) is 0 Å². The van der Waals surface area contributed by atoms with Gasteiger partial charge in [-0.3, -0.25) is 0 Å². The standard InChI is InChI=1S/C13H16Cl2FNO2S/c14-10-3-1-2-9(6-10)8-17-20(18,19)13-7-11(16)4-5-12(13)15/h4-5,7,9-10,17H,1-3,6,8H2. The van der Waals surface area contributed by atoms with Crippen LogP contribution in [0.3, 0.4) is 0 Å². The molecule has 0 spiro atoms. The van der Waals surface area contributed by atoms with E-state index < -0.39 is 15.8 Å². The third-order valence-electron chi connectivity index (χ3n) is 3.46. The molecule has 1 fully saturated rings. The summed E-state index contributed by atoms with van der Waals surface area (Å²) in [5, 5.41) is 0.119. The van der Waals surface area contributed by atoms with Crippen LogP contribution in [0.25, 0.3) is 0 Å². The van der Waals surface area contributed by atoms with Crippen molar-refractivity contribution in [2.75, 3.05) is 6.54 Å². The molecule has 1 saturated carbocycles. The molecule has 20 heavy (non-hydrogen) atoms. The first-order valence-corrected chi connectivity index (χ1v) is 8.77. The van der Waals surface area contributed by atoms with Gasteiger partial charge in [-0.1, -0.05) is 18.0 Å². The van der Waals surface area contributed by atoms with Crippen LogP contribution in [-0.4, -0.2) is 20.3 Å². The SMILES string of the molecule is O=S(=O)(NCC1CCCC(Cl)C1)c1cc(F)ccc1Cl. The van der Waals surface area contributed by atoms with Crippen LogP contribution < -0.4 is 4.72 Å². The molecule has 0 saturated heterocycles. The second kappa shape index (κ2) is 6.60. The van der Waals surface area contributed by atoms with E-state index in [-0.39, 0.29) is 21.2 Å². The Morgan fingerprint density at radius 2 is 2.10 bits per heavy atom. The summed E-state index contributed by atoms with van der Waals surface area (Å²) in [7, 11) is -3.80. The van der Waals surface area contributed by atoms with Crippen LogP contribution in [0.2, 0.25) is 5.02 Å². The van der Waals surface area contributed by atoms with Crippen molar-refractivity contribution < 1.29 is 12.8 Å². The molecular weight excluding hydrogens is 324 g/mol. The van der Waals surface area contributed by atoms with E-state index in [9.17, 15) is 12.8 Å². The van der Waals surface area contributed by atoms with E-state index in [2.05, 4.69) is 4.72 Å². The summed E-state index contributed by atoms with van der Waals surface area (Å²) in [5.41, 5.74) is 0. The topological polar surface area (TPSA) is 46.2 Å². The Morgan fingerprint density at radius 1 is 1.35 bits per heavy atom. The van der Waals surface area contributed by atoms with E-state index in [1.165, 1.54) is 6.07 Å². The largest absolute Gasteiger partial charge is 0.242 e. The van der Waals surface area contributed by atoms with Crippen molar-refractivity contribution in [1.82, 2.24) is 4.72 Å².